The maximum absolute atomic E-state index is 5.92. The molecule has 0 amide bonds. The van der Waals surface area contributed by atoms with Gasteiger partial charge in [0.15, 0.2) is 0 Å². The van der Waals surface area contributed by atoms with Gasteiger partial charge in [-0.15, -0.1) is 0 Å². The second kappa shape index (κ2) is 9.35. The summed E-state index contributed by atoms with van der Waals surface area (Å²) in [6.45, 7) is 7.41. The highest BCUT2D eigenvalue weighted by atomic mass is 35.5. The second-order valence-electron chi connectivity index (χ2n) is 5.53. The van der Waals surface area contributed by atoms with Gasteiger partial charge in [-0.1, -0.05) is 37.6 Å². The molecule has 0 bridgehead atoms. The van der Waals surface area contributed by atoms with Crippen molar-refractivity contribution in [3.63, 3.8) is 0 Å². The number of rotatable bonds is 9. The zero-order chi connectivity index (χ0) is 14.1. The standard InChI is InChI=1S/C16H26ClNO/c1-13(2)11-18-12-15(8-9-19-3)10-14-4-6-16(17)7-5-14/h4-7,13,15,18H,8-12H2,1-3H3. The van der Waals surface area contributed by atoms with Gasteiger partial charge in [0.25, 0.3) is 0 Å². The van der Waals surface area contributed by atoms with Gasteiger partial charge in [0.1, 0.15) is 0 Å². The molecule has 1 rings (SSSR count). The first-order valence-corrected chi connectivity index (χ1v) is 7.43. The Hall–Kier alpha value is -0.570. The van der Waals surface area contributed by atoms with E-state index in [1.807, 2.05) is 12.1 Å². The molecule has 0 aliphatic carbocycles. The Balaban J connectivity index is 2.45. The molecule has 0 aliphatic rings. The Bertz CT molecular complexity index is 337. The average Bonchev–Trinajstić information content (AvgIpc) is 2.38. The predicted molar refractivity (Wildman–Crippen MR) is 82.8 cm³/mol. The van der Waals surface area contributed by atoms with E-state index >= 15 is 0 Å². The number of hydrogen-bond acceptors (Lipinski definition) is 2. The number of ether oxygens (including phenoxy) is 1. The van der Waals surface area contributed by atoms with Gasteiger partial charge in [-0.3, -0.25) is 0 Å². The molecule has 1 aromatic rings. The summed E-state index contributed by atoms with van der Waals surface area (Å²) in [6, 6.07) is 8.16. The summed E-state index contributed by atoms with van der Waals surface area (Å²) < 4.78 is 5.21. The van der Waals surface area contributed by atoms with Crippen molar-refractivity contribution in [3.8, 4) is 0 Å². The van der Waals surface area contributed by atoms with E-state index in [0.717, 1.165) is 37.6 Å². The molecule has 1 N–H and O–H groups in total. The lowest BCUT2D eigenvalue weighted by atomic mass is 9.96. The third-order valence-electron chi connectivity index (χ3n) is 3.15. The van der Waals surface area contributed by atoms with E-state index < -0.39 is 0 Å². The topological polar surface area (TPSA) is 21.3 Å². The summed E-state index contributed by atoms with van der Waals surface area (Å²) in [5, 5.41) is 4.34. The average molecular weight is 284 g/mol. The van der Waals surface area contributed by atoms with Crippen LogP contribution in [0.5, 0.6) is 0 Å². The van der Waals surface area contributed by atoms with Crippen LogP contribution in [-0.2, 0) is 11.2 Å². The van der Waals surface area contributed by atoms with Crippen molar-refractivity contribution in [2.24, 2.45) is 11.8 Å². The maximum atomic E-state index is 5.92. The van der Waals surface area contributed by atoms with Crippen LogP contribution < -0.4 is 5.32 Å². The fourth-order valence-electron chi connectivity index (χ4n) is 2.09. The van der Waals surface area contributed by atoms with E-state index in [-0.39, 0.29) is 0 Å². The summed E-state index contributed by atoms with van der Waals surface area (Å²) in [5.41, 5.74) is 1.34. The fraction of sp³-hybridized carbons (Fsp3) is 0.625. The van der Waals surface area contributed by atoms with Crippen LogP contribution in [0.2, 0.25) is 5.02 Å². The van der Waals surface area contributed by atoms with Crippen molar-refractivity contribution in [2.45, 2.75) is 26.7 Å². The molecular weight excluding hydrogens is 258 g/mol. The molecule has 3 heteroatoms. The van der Waals surface area contributed by atoms with Crippen molar-refractivity contribution >= 4 is 11.6 Å². The number of hydrogen-bond donors (Lipinski definition) is 1. The molecule has 0 fully saturated rings. The van der Waals surface area contributed by atoms with E-state index in [1.54, 1.807) is 7.11 Å². The highest BCUT2D eigenvalue weighted by Crippen LogP contribution is 2.15. The Morgan fingerprint density at radius 2 is 1.84 bits per heavy atom. The molecule has 0 aromatic heterocycles. The van der Waals surface area contributed by atoms with Crippen molar-refractivity contribution in [1.29, 1.82) is 0 Å². The molecule has 1 aromatic carbocycles. The van der Waals surface area contributed by atoms with Gasteiger partial charge in [-0.25, -0.2) is 0 Å². The largest absolute Gasteiger partial charge is 0.385 e. The van der Waals surface area contributed by atoms with Gasteiger partial charge in [0.2, 0.25) is 0 Å². The lowest BCUT2D eigenvalue weighted by Crippen LogP contribution is -2.28. The van der Waals surface area contributed by atoms with Crippen LogP contribution in [0, 0.1) is 11.8 Å². The first-order valence-electron chi connectivity index (χ1n) is 7.06. The number of halogens is 1. The van der Waals surface area contributed by atoms with Gasteiger partial charge in [0.05, 0.1) is 0 Å². The molecule has 108 valence electrons. The third-order valence-corrected chi connectivity index (χ3v) is 3.41. The molecule has 0 saturated heterocycles. The van der Waals surface area contributed by atoms with Crippen LogP contribution >= 0.6 is 11.6 Å². The Labute approximate surface area is 122 Å². The summed E-state index contributed by atoms with van der Waals surface area (Å²) in [4.78, 5) is 0. The SMILES string of the molecule is COCCC(CNCC(C)C)Cc1ccc(Cl)cc1. The van der Waals surface area contributed by atoms with Crippen molar-refractivity contribution in [2.75, 3.05) is 26.8 Å². The number of methoxy groups -OCH3 is 1. The second-order valence-corrected chi connectivity index (χ2v) is 5.97. The Morgan fingerprint density at radius 3 is 2.42 bits per heavy atom. The monoisotopic (exact) mass is 283 g/mol. The molecule has 0 heterocycles. The fourth-order valence-corrected chi connectivity index (χ4v) is 2.22. The van der Waals surface area contributed by atoms with Gasteiger partial charge >= 0.3 is 0 Å². The smallest absolute Gasteiger partial charge is 0.0465 e. The normalized spacial score (nSPS) is 12.9. The van der Waals surface area contributed by atoms with Crippen molar-refractivity contribution in [3.05, 3.63) is 34.9 Å². The molecule has 1 unspecified atom stereocenters. The summed E-state index contributed by atoms with van der Waals surface area (Å²) in [5.74, 6) is 1.30. The highest BCUT2D eigenvalue weighted by molar-refractivity contribution is 6.30. The Morgan fingerprint density at radius 1 is 1.16 bits per heavy atom. The van der Waals surface area contributed by atoms with Gasteiger partial charge < -0.3 is 10.1 Å². The zero-order valence-electron chi connectivity index (χ0n) is 12.3. The first-order chi connectivity index (χ1) is 9.11. The minimum Gasteiger partial charge on any atom is -0.385 e. The molecule has 2 nitrogen and oxygen atoms in total. The third kappa shape index (κ3) is 7.56. The number of nitrogens with one attached hydrogen (secondary N) is 1. The van der Waals surface area contributed by atoms with Crippen LogP contribution in [0.25, 0.3) is 0 Å². The maximum Gasteiger partial charge on any atom is 0.0465 e. The molecule has 1 atom stereocenters. The molecule has 0 aliphatic heterocycles. The van der Waals surface area contributed by atoms with E-state index in [4.69, 9.17) is 16.3 Å². The lowest BCUT2D eigenvalue weighted by Gasteiger charge is -2.18. The summed E-state index contributed by atoms with van der Waals surface area (Å²) >= 11 is 5.92. The first kappa shape index (κ1) is 16.5. The molecule has 0 saturated carbocycles. The molecule has 0 radical (unpaired) electrons. The van der Waals surface area contributed by atoms with Gasteiger partial charge in [0, 0.05) is 18.7 Å². The summed E-state index contributed by atoms with van der Waals surface area (Å²) in [7, 11) is 1.76. The van der Waals surface area contributed by atoms with Gasteiger partial charge in [-0.05, 0) is 55.5 Å². The molecular formula is C16H26ClNO. The predicted octanol–water partition coefficient (Wildman–Crippen LogP) is 3.78. The minimum atomic E-state index is 0.611. The lowest BCUT2D eigenvalue weighted by molar-refractivity contribution is 0.176. The minimum absolute atomic E-state index is 0.611. The van der Waals surface area contributed by atoms with Crippen LogP contribution in [0.4, 0.5) is 0 Å². The van der Waals surface area contributed by atoms with E-state index in [1.165, 1.54) is 5.56 Å². The van der Waals surface area contributed by atoms with E-state index in [0.29, 0.717) is 11.8 Å². The van der Waals surface area contributed by atoms with Gasteiger partial charge in [-0.2, -0.15) is 0 Å². The molecule has 19 heavy (non-hydrogen) atoms. The highest BCUT2D eigenvalue weighted by Gasteiger charge is 2.10. The van der Waals surface area contributed by atoms with Crippen LogP contribution in [-0.4, -0.2) is 26.8 Å². The van der Waals surface area contributed by atoms with E-state index in [9.17, 15) is 0 Å². The van der Waals surface area contributed by atoms with Crippen LogP contribution in [0.3, 0.4) is 0 Å². The van der Waals surface area contributed by atoms with Crippen LogP contribution in [0.15, 0.2) is 24.3 Å². The molecule has 0 spiro atoms. The number of benzene rings is 1. The summed E-state index contributed by atoms with van der Waals surface area (Å²) in [6.07, 6.45) is 2.16. The zero-order valence-corrected chi connectivity index (χ0v) is 13.0. The van der Waals surface area contributed by atoms with E-state index in [2.05, 4.69) is 31.3 Å². The van der Waals surface area contributed by atoms with Crippen LogP contribution in [0.1, 0.15) is 25.8 Å². The Kier molecular flexibility index (Phi) is 8.11. The van der Waals surface area contributed by atoms with Crippen molar-refractivity contribution < 1.29 is 4.74 Å². The van der Waals surface area contributed by atoms with Crippen molar-refractivity contribution in [1.82, 2.24) is 5.32 Å². The quantitative estimate of drug-likeness (QED) is 0.745.